The predicted octanol–water partition coefficient (Wildman–Crippen LogP) is 0.0683. The van der Waals surface area contributed by atoms with E-state index >= 15 is 0 Å². The van der Waals surface area contributed by atoms with Gasteiger partial charge in [-0.1, -0.05) is 13.8 Å². The van der Waals surface area contributed by atoms with Gasteiger partial charge >= 0.3 is 5.69 Å². The van der Waals surface area contributed by atoms with Crippen molar-refractivity contribution < 1.29 is 9.53 Å². The number of nitrogens with one attached hydrogen (secondary N) is 1. The van der Waals surface area contributed by atoms with Crippen molar-refractivity contribution in [1.29, 1.82) is 0 Å². The lowest BCUT2D eigenvalue weighted by Crippen LogP contribution is -2.41. The van der Waals surface area contributed by atoms with E-state index < -0.39 is 11.2 Å². The third-order valence-corrected chi connectivity index (χ3v) is 4.05. The van der Waals surface area contributed by atoms with Gasteiger partial charge in [0.1, 0.15) is 11.4 Å². The van der Waals surface area contributed by atoms with Crippen molar-refractivity contribution in [2.45, 2.75) is 39.3 Å². The number of hydrogen-bond acceptors (Lipinski definition) is 6. The van der Waals surface area contributed by atoms with Crippen molar-refractivity contribution in [2.75, 3.05) is 32.5 Å². The molecule has 0 spiro atoms. The van der Waals surface area contributed by atoms with Crippen molar-refractivity contribution in [1.82, 2.24) is 14.5 Å². The lowest BCUT2D eigenvalue weighted by molar-refractivity contribution is 0.0913. The standard InChI is InChI=1S/C16H26N4O4/c1-10(2)8-19(11-4-5-11)9-12(21)13-14(17)20(6-7-24-3)16(23)18-15(13)22/h10-11H,4-9,17H2,1-3H3,(H,18,22,23). The molecular formula is C16H26N4O4. The van der Waals surface area contributed by atoms with E-state index in [0.717, 1.165) is 19.4 Å². The van der Waals surface area contributed by atoms with Crippen LogP contribution in [0, 0.1) is 5.92 Å². The van der Waals surface area contributed by atoms with Crippen LogP contribution in [0.15, 0.2) is 9.59 Å². The monoisotopic (exact) mass is 338 g/mol. The van der Waals surface area contributed by atoms with Gasteiger partial charge in [0.2, 0.25) is 0 Å². The number of carbonyl (C=O) groups excluding carboxylic acids is 1. The number of hydrogen-bond donors (Lipinski definition) is 2. The van der Waals surface area contributed by atoms with Crippen LogP contribution >= 0.6 is 0 Å². The number of rotatable bonds is 9. The molecule has 1 heterocycles. The maximum Gasteiger partial charge on any atom is 0.330 e. The SMILES string of the molecule is COCCn1c(N)c(C(=O)CN(CC(C)C)C2CC2)c(=O)[nH]c1=O. The number of H-pyrrole nitrogens is 1. The van der Waals surface area contributed by atoms with E-state index in [1.165, 1.54) is 11.7 Å². The normalized spacial score (nSPS) is 14.5. The lowest BCUT2D eigenvalue weighted by atomic mass is 10.1. The minimum absolute atomic E-state index is 0.0916. The van der Waals surface area contributed by atoms with E-state index in [2.05, 4.69) is 23.7 Å². The number of methoxy groups -OCH3 is 1. The van der Waals surface area contributed by atoms with Gasteiger partial charge < -0.3 is 10.5 Å². The van der Waals surface area contributed by atoms with Crippen LogP contribution in [0.2, 0.25) is 0 Å². The number of carbonyl (C=O) groups is 1. The molecule has 3 N–H and O–H groups in total. The minimum atomic E-state index is -0.725. The van der Waals surface area contributed by atoms with Crippen LogP contribution in [0.1, 0.15) is 37.0 Å². The van der Waals surface area contributed by atoms with Crippen LogP contribution in [0.4, 0.5) is 5.82 Å². The highest BCUT2D eigenvalue weighted by atomic mass is 16.5. The molecule has 1 aliphatic rings. The van der Waals surface area contributed by atoms with E-state index in [4.69, 9.17) is 10.5 Å². The topological polar surface area (TPSA) is 110 Å². The van der Waals surface area contributed by atoms with E-state index in [1.54, 1.807) is 0 Å². The van der Waals surface area contributed by atoms with Gasteiger partial charge in [-0.2, -0.15) is 0 Å². The summed E-state index contributed by atoms with van der Waals surface area (Å²) in [6, 6.07) is 0.399. The van der Waals surface area contributed by atoms with Crippen LogP contribution in [-0.2, 0) is 11.3 Å². The Balaban J connectivity index is 2.27. The molecule has 24 heavy (non-hydrogen) atoms. The van der Waals surface area contributed by atoms with Gasteiger partial charge in [0.05, 0.1) is 19.7 Å². The molecule has 1 aliphatic carbocycles. The second kappa shape index (κ2) is 7.76. The van der Waals surface area contributed by atoms with Gasteiger partial charge in [0.25, 0.3) is 5.56 Å². The molecule has 1 fully saturated rings. The van der Waals surface area contributed by atoms with Gasteiger partial charge in [0, 0.05) is 19.7 Å². The highest BCUT2D eigenvalue weighted by Crippen LogP contribution is 2.27. The summed E-state index contributed by atoms with van der Waals surface area (Å²) in [7, 11) is 1.50. The summed E-state index contributed by atoms with van der Waals surface area (Å²) in [5.41, 5.74) is 4.45. The molecule has 0 bridgehead atoms. The zero-order valence-electron chi connectivity index (χ0n) is 14.5. The largest absolute Gasteiger partial charge is 0.384 e. The third-order valence-electron chi connectivity index (χ3n) is 4.05. The van der Waals surface area contributed by atoms with E-state index in [-0.39, 0.29) is 36.9 Å². The molecule has 1 aromatic heterocycles. The van der Waals surface area contributed by atoms with Gasteiger partial charge in [-0.3, -0.25) is 24.0 Å². The molecule has 0 radical (unpaired) electrons. The van der Waals surface area contributed by atoms with Crippen LogP contribution < -0.4 is 17.0 Å². The molecule has 0 unspecified atom stereocenters. The second-order valence-corrected chi connectivity index (χ2v) is 6.64. The van der Waals surface area contributed by atoms with E-state index in [0.29, 0.717) is 12.0 Å². The number of ketones is 1. The van der Waals surface area contributed by atoms with Crippen LogP contribution in [-0.4, -0.2) is 53.1 Å². The summed E-state index contributed by atoms with van der Waals surface area (Å²) in [6.45, 7) is 5.54. The molecule has 2 rings (SSSR count). The fourth-order valence-electron chi connectivity index (χ4n) is 2.78. The fourth-order valence-corrected chi connectivity index (χ4v) is 2.78. The molecule has 0 aromatic carbocycles. The van der Waals surface area contributed by atoms with Crippen molar-refractivity contribution in [3.8, 4) is 0 Å². The lowest BCUT2D eigenvalue weighted by Gasteiger charge is -2.23. The zero-order valence-corrected chi connectivity index (χ0v) is 14.5. The summed E-state index contributed by atoms with van der Waals surface area (Å²) in [6.07, 6.45) is 2.14. The number of aromatic nitrogens is 2. The Kier molecular flexibility index (Phi) is 5.95. The van der Waals surface area contributed by atoms with Crippen molar-refractivity contribution in [3.05, 3.63) is 26.4 Å². The molecular weight excluding hydrogens is 312 g/mol. The molecule has 0 saturated heterocycles. The summed E-state index contributed by atoms with van der Waals surface area (Å²) in [5.74, 6) is -0.0248. The summed E-state index contributed by atoms with van der Waals surface area (Å²) in [5, 5.41) is 0. The fraction of sp³-hybridized carbons (Fsp3) is 0.688. The summed E-state index contributed by atoms with van der Waals surface area (Å²) >= 11 is 0. The Morgan fingerprint density at radius 3 is 2.62 bits per heavy atom. The number of nitrogen functional groups attached to an aromatic ring is 1. The first-order valence-electron chi connectivity index (χ1n) is 8.24. The molecule has 1 saturated carbocycles. The first kappa shape index (κ1) is 18.4. The Morgan fingerprint density at radius 2 is 2.08 bits per heavy atom. The predicted molar refractivity (Wildman–Crippen MR) is 91.4 cm³/mol. The van der Waals surface area contributed by atoms with Crippen LogP contribution in [0.3, 0.4) is 0 Å². The number of aromatic amines is 1. The van der Waals surface area contributed by atoms with Gasteiger partial charge in [-0.15, -0.1) is 0 Å². The van der Waals surface area contributed by atoms with Gasteiger partial charge in [-0.05, 0) is 18.8 Å². The summed E-state index contributed by atoms with van der Waals surface area (Å²) in [4.78, 5) is 40.9. The molecule has 8 heteroatoms. The summed E-state index contributed by atoms with van der Waals surface area (Å²) < 4.78 is 6.10. The average molecular weight is 338 g/mol. The Morgan fingerprint density at radius 1 is 1.42 bits per heavy atom. The van der Waals surface area contributed by atoms with Crippen molar-refractivity contribution >= 4 is 11.6 Å². The quantitative estimate of drug-likeness (QED) is 0.617. The van der Waals surface area contributed by atoms with E-state index in [9.17, 15) is 14.4 Å². The van der Waals surface area contributed by atoms with Gasteiger partial charge in [-0.25, -0.2) is 4.79 Å². The second-order valence-electron chi connectivity index (χ2n) is 6.64. The maximum absolute atomic E-state index is 12.7. The number of Topliss-reactive ketones (excluding diaryl/α,β-unsaturated/α-hetero) is 1. The smallest absolute Gasteiger partial charge is 0.330 e. The molecule has 0 amide bonds. The molecule has 8 nitrogen and oxygen atoms in total. The first-order chi connectivity index (χ1) is 11.3. The van der Waals surface area contributed by atoms with E-state index in [1.807, 2.05) is 0 Å². The Labute approximate surface area is 140 Å². The molecule has 1 aromatic rings. The Bertz CT molecular complexity index is 703. The van der Waals surface area contributed by atoms with Crippen LogP contribution in [0.5, 0.6) is 0 Å². The number of nitrogens with zero attached hydrogens (tertiary/aromatic N) is 2. The van der Waals surface area contributed by atoms with Crippen molar-refractivity contribution in [3.63, 3.8) is 0 Å². The maximum atomic E-state index is 12.7. The molecule has 134 valence electrons. The van der Waals surface area contributed by atoms with Gasteiger partial charge in [0.15, 0.2) is 5.78 Å². The van der Waals surface area contributed by atoms with Crippen molar-refractivity contribution in [2.24, 2.45) is 5.92 Å². The number of ether oxygens (including phenoxy) is 1. The van der Waals surface area contributed by atoms with Crippen LogP contribution in [0.25, 0.3) is 0 Å². The number of nitrogens with two attached hydrogens (primary N) is 1. The Hall–Kier alpha value is -1.93. The zero-order chi connectivity index (χ0) is 17.9. The molecule has 0 aliphatic heterocycles. The third kappa shape index (κ3) is 4.33. The average Bonchev–Trinajstić information content (AvgIpc) is 3.30. The number of anilines is 1. The minimum Gasteiger partial charge on any atom is -0.384 e. The molecule has 0 atom stereocenters. The highest BCUT2D eigenvalue weighted by Gasteiger charge is 2.32. The highest BCUT2D eigenvalue weighted by molar-refractivity contribution is 6.01. The first-order valence-corrected chi connectivity index (χ1v) is 8.24.